The molecule has 166 valence electrons. The first-order valence-corrected chi connectivity index (χ1v) is 12.0. The van der Waals surface area contributed by atoms with Crippen molar-refractivity contribution in [3.63, 3.8) is 0 Å². The fourth-order valence-corrected chi connectivity index (χ4v) is 5.15. The normalized spacial score (nSPS) is 13.5. The van der Waals surface area contributed by atoms with Crippen LogP contribution in [0.2, 0.25) is 0 Å². The van der Waals surface area contributed by atoms with Crippen LogP contribution in [0, 0.1) is 0 Å². The van der Waals surface area contributed by atoms with E-state index in [1.54, 1.807) is 11.0 Å². The maximum atomic E-state index is 13.2. The topological polar surface area (TPSA) is 75.7 Å². The second-order valence-corrected chi connectivity index (χ2v) is 9.48. The van der Waals surface area contributed by atoms with Crippen molar-refractivity contribution in [2.75, 3.05) is 20.2 Å². The van der Waals surface area contributed by atoms with Crippen molar-refractivity contribution in [2.24, 2.45) is 0 Å². The Kier molecular flexibility index (Phi) is 6.58. The van der Waals surface area contributed by atoms with Gasteiger partial charge in [-0.1, -0.05) is 54.6 Å². The van der Waals surface area contributed by atoms with Gasteiger partial charge in [0.2, 0.25) is 10.0 Å². The molecule has 7 heteroatoms. The highest BCUT2D eigenvalue weighted by molar-refractivity contribution is 7.89. The number of hydrogen-bond acceptors (Lipinski definition) is 4. The van der Waals surface area contributed by atoms with Crippen molar-refractivity contribution in [1.29, 1.82) is 0 Å². The molecule has 6 nitrogen and oxygen atoms in total. The van der Waals surface area contributed by atoms with Crippen LogP contribution in [0.15, 0.2) is 77.7 Å². The Balaban J connectivity index is 1.52. The summed E-state index contributed by atoms with van der Waals surface area (Å²) in [6, 6.07) is 22.3. The first-order valence-electron chi connectivity index (χ1n) is 10.6. The van der Waals surface area contributed by atoms with Gasteiger partial charge in [-0.15, -0.1) is 0 Å². The largest absolute Gasteiger partial charge is 0.495 e. The second-order valence-electron chi connectivity index (χ2n) is 7.74. The summed E-state index contributed by atoms with van der Waals surface area (Å²) in [7, 11) is -2.44. The van der Waals surface area contributed by atoms with Crippen molar-refractivity contribution in [1.82, 2.24) is 9.62 Å². The van der Waals surface area contributed by atoms with Gasteiger partial charge in [0.25, 0.3) is 5.91 Å². The molecule has 1 N–H and O–H groups in total. The molecular weight excluding hydrogens is 424 g/mol. The molecule has 1 heterocycles. The Labute approximate surface area is 188 Å². The predicted octanol–water partition coefficient (Wildman–Crippen LogP) is 3.41. The van der Waals surface area contributed by atoms with Crippen molar-refractivity contribution in [2.45, 2.75) is 24.3 Å². The van der Waals surface area contributed by atoms with Gasteiger partial charge in [-0.2, -0.15) is 0 Å². The summed E-state index contributed by atoms with van der Waals surface area (Å²) in [4.78, 5) is 14.9. The molecule has 0 unspecified atom stereocenters. The van der Waals surface area contributed by atoms with Crippen LogP contribution in [-0.4, -0.2) is 39.4 Å². The summed E-state index contributed by atoms with van der Waals surface area (Å²) >= 11 is 0. The van der Waals surface area contributed by atoms with E-state index in [1.807, 2.05) is 48.5 Å². The molecule has 0 radical (unpaired) electrons. The van der Waals surface area contributed by atoms with E-state index in [-0.39, 0.29) is 23.1 Å². The summed E-state index contributed by atoms with van der Waals surface area (Å²) in [6.07, 6.45) is 1.35. The summed E-state index contributed by atoms with van der Waals surface area (Å²) in [5.74, 6) is 0.0145. The summed E-state index contributed by atoms with van der Waals surface area (Å²) in [5.41, 5.74) is 3.73. The molecule has 1 amide bonds. The van der Waals surface area contributed by atoms with E-state index in [9.17, 15) is 13.2 Å². The number of benzene rings is 3. The van der Waals surface area contributed by atoms with Gasteiger partial charge < -0.3 is 9.64 Å². The van der Waals surface area contributed by atoms with Gasteiger partial charge in [-0.3, -0.25) is 4.79 Å². The molecule has 3 aromatic rings. The van der Waals surface area contributed by atoms with Crippen LogP contribution in [-0.2, 0) is 29.4 Å². The lowest BCUT2D eigenvalue weighted by atomic mass is 9.99. The maximum absolute atomic E-state index is 13.2. The van der Waals surface area contributed by atoms with Crippen molar-refractivity contribution < 1.29 is 17.9 Å². The molecule has 0 saturated carbocycles. The lowest BCUT2D eigenvalue weighted by Gasteiger charge is -2.29. The summed E-state index contributed by atoms with van der Waals surface area (Å²) in [5, 5.41) is 0. The van der Waals surface area contributed by atoms with E-state index in [1.165, 1.54) is 24.8 Å². The lowest BCUT2D eigenvalue weighted by molar-refractivity contribution is 0.0734. The van der Waals surface area contributed by atoms with Crippen molar-refractivity contribution >= 4 is 15.9 Å². The SMILES string of the molecule is COc1ccc(C(=O)N2CCc3ccccc3C2)cc1S(=O)(=O)NCCc1ccccc1. The molecule has 1 aliphatic rings. The zero-order chi connectivity index (χ0) is 22.6. The average molecular weight is 451 g/mol. The molecule has 0 saturated heterocycles. The Bertz CT molecular complexity index is 1210. The highest BCUT2D eigenvalue weighted by atomic mass is 32.2. The molecule has 1 aliphatic heterocycles. The molecule has 0 bridgehead atoms. The van der Waals surface area contributed by atoms with Crippen LogP contribution in [0.4, 0.5) is 0 Å². The number of fused-ring (bicyclic) bond motifs is 1. The minimum absolute atomic E-state index is 0.0312. The third-order valence-electron chi connectivity index (χ3n) is 5.67. The van der Waals surface area contributed by atoms with Crippen LogP contribution in [0.25, 0.3) is 0 Å². The Morgan fingerprint density at radius 2 is 1.72 bits per heavy atom. The average Bonchev–Trinajstić information content (AvgIpc) is 2.83. The van der Waals surface area contributed by atoms with Gasteiger partial charge in [0.1, 0.15) is 10.6 Å². The molecule has 3 aromatic carbocycles. The Hall–Kier alpha value is -3.16. The van der Waals surface area contributed by atoms with Gasteiger partial charge in [-0.25, -0.2) is 13.1 Å². The predicted molar refractivity (Wildman–Crippen MR) is 123 cm³/mol. The van der Waals surface area contributed by atoms with Crippen LogP contribution in [0.1, 0.15) is 27.0 Å². The number of hydrogen-bond donors (Lipinski definition) is 1. The van der Waals surface area contributed by atoms with E-state index >= 15 is 0 Å². The molecular formula is C25H26N2O4S. The van der Waals surface area contributed by atoms with E-state index in [2.05, 4.69) is 10.8 Å². The first kappa shape index (κ1) is 22.0. The van der Waals surface area contributed by atoms with Crippen LogP contribution >= 0.6 is 0 Å². The van der Waals surface area contributed by atoms with Gasteiger partial charge in [-0.05, 0) is 47.7 Å². The maximum Gasteiger partial charge on any atom is 0.254 e. The van der Waals surface area contributed by atoms with Crippen LogP contribution in [0.5, 0.6) is 5.75 Å². The highest BCUT2D eigenvalue weighted by Gasteiger charge is 2.25. The zero-order valence-corrected chi connectivity index (χ0v) is 18.8. The molecule has 0 aromatic heterocycles. The number of ether oxygens (including phenoxy) is 1. The number of sulfonamides is 1. The standard InChI is InChI=1S/C25H26N2O4S/c1-31-23-12-11-21(25(28)27-16-14-20-9-5-6-10-22(20)18-27)17-24(23)32(29,30)26-15-13-19-7-3-2-4-8-19/h2-12,17,26H,13-16,18H2,1H3. The minimum atomic E-state index is -3.85. The summed E-state index contributed by atoms with van der Waals surface area (Å²) < 4.78 is 33.9. The van der Waals surface area contributed by atoms with E-state index < -0.39 is 10.0 Å². The number of amides is 1. The molecule has 0 fully saturated rings. The van der Waals surface area contributed by atoms with E-state index in [0.717, 1.165) is 17.5 Å². The quantitative estimate of drug-likeness (QED) is 0.599. The molecule has 0 aliphatic carbocycles. The second kappa shape index (κ2) is 9.54. The first-order chi connectivity index (χ1) is 15.5. The molecule has 0 spiro atoms. The van der Waals surface area contributed by atoms with Crippen molar-refractivity contribution in [3.8, 4) is 5.75 Å². The fraction of sp³-hybridized carbons (Fsp3) is 0.240. The van der Waals surface area contributed by atoms with Gasteiger partial charge in [0.05, 0.1) is 7.11 Å². The zero-order valence-electron chi connectivity index (χ0n) is 18.0. The third kappa shape index (κ3) is 4.84. The van der Waals surface area contributed by atoms with Gasteiger partial charge in [0, 0.05) is 25.2 Å². The van der Waals surface area contributed by atoms with Crippen LogP contribution < -0.4 is 9.46 Å². The number of methoxy groups -OCH3 is 1. The number of nitrogens with zero attached hydrogens (tertiary/aromatic N) is 1. The number of carbonyl (C=O) groups is 1. The van der Waals surface area contributed by atoms with E-state index in [0.29, 0.717) is 25.1 Å². The minimum Gasteiger partial charge on any atom is -0.495 e. The van der Waals surface area contributed by atoms with Gasteiger partial charge >= 0.3 is 0 Å². The smallest absolute Gasteiger partial charge is 0.254 e. The number of nitrogens with one attached hydrogen (secondary N) is 1. The number of rotatable bonds is 7. The lowest BCUT2D eigenvalue weighted by Crippen LogP contribution is -2.36. The molecule has 0 atom stereocenters. The Morgan fingerprint density at radius 3 is 2.47 bits per heavy atom. The summed E-state index contributed by atoms with van der Waals surface area (Å²) in [6.45, 7) is 1.36. The Morgan fingerprint density at radius 1 is 1.00 bits per heavy atom. The van der Waals surface area contributed by atoms with Gasteiger partial charge in [0.15, 0.2) is 0 Å². The molecule has 4 rings (SSSR count). The van der Waals surface area contributed by atoms with Crippen LogP contribution in [0.3, 0.4) is 0 Å². The monoisotopic (exact) mass is 450 g/mol. The fourth-order valence-electron chi connectivity index (χ4n) is 3.92. The third-order valence-corrected chi connectivity index (χ3v) is 7.15. The highest BCUT2D eigenvalue weighted by Crippen LogP contribution is 2.27. The molecule has 32 heavy (non-hydrogen) atoms. The van der Waals surface area contributed by atoms with Crippen molar-refractivity contribution in [3.05, 3.63) is 95.1 Å². The number of carbonyl (C=O) groups excluding carboxylic acids is 1. The van der Waals surface area contributed by atoms with E-state index in [4.69, 9.17) is 4.74 Å².